The zero-order chi connectivity index (χ0) is 20.5. The quantitative estimate of drug-likeness (QED) is 0.384. The third kappa shape index (κ3) is 6.78. The van der Waals surface area contributed by atoms with Crippen LogP contribution in [0.5, 0.6) is 0 Å². The van der Waals surface area contributed by atoms with E-state index in [1.807, 2.05) is 6.92 Å². The van der Waals surface area contributed by atoms with E-state index in [9.17, 15) is 14.4 Å². The van der Waals surface area contributed by atoms with Crippen LogP contribution in [-0.2, 0) is 4.79 Å². The maximum atomic E-state index is 12.1. The number of anilines is 1. The van der Waals surface area contributed by atoms with Crippen LogP contribution in [0.25, 0.3) is 0 Å². The Labute approximate surface area is 175 Å². The summed E-state index contributed by atoms with van der Waals surface area (Å²) in [6.07, 6.45) is 2.23. The van der Waals surface area contributed by atoms with Gasteiger partial charge in [-0.2, -0.15) is 0 Å². The molecule has 0 aliphatic rings. The van der Waals surface area contributed by atoms with Crippen molar-refractivity contribution in [2.75, 3.05) is 5.32 Å². The molecule has 1 aromatic carbocycles. The van der Waals surface area contributed by atoms with Gasteiger partial charge in [-0.1, -0.05) is 13.3 Å². The molecule has 10 heteroatoms. The Balaban J connectivity index is 1.79. The smallest absolute Gasteiger partial charge is 0.293 e. The molecule has 0 saturated heterocycles. The molecule has 0 radical (unpaired) electrons. The number of unbranched alkanes of at least 4 members (excludes halogenated alkanes) is 1. The molecule has 3 amide bonds. The number of amides is 3. The number of hydrogen-bond donors (Lipinski definition) is 4. The van der Waals surface area contributed by atoms with Crippen molar-refractivity contribution in [2.24, 2.45) is 0 Å². The normalized spacial score (nSPS) is 10.1. The SMILES string of the molecule is CCCCC(=O)Nc1ccc(C(=O)NNC(=S)NC(=O)c2ccc(Br)o2)cc1. The van der Waals surface area contributed by atoms with Crippen molar-refractivity contribution in [3.63, 3.8) is 0 Å². The minimum atomic E-state index is -0.555. The molecule has 0 saturated carbocycles. The highest BCUT2D eigenvalue weighted by molar-refractivity contribution is 9.10. The number of carbonyl (C=O) groups is 3. The van der Waals surface area contributed by atoms with Crippen LogP contribution in [0, 0.1) is 0 Å². The van der Waals surface area contributed by atoms with Gasteiger partial charge in [0.25, 0.3) is 11.8 Å². The van der Waals surface area contributed by atoms with Gasteiger partial charge in [-0.25, -0.2) is 0 Å². The van der Waals surface area contributed by atoms with E-state index in [0.29, 0.717) is 22.3 Å². The lowest BCUT2D eigenvalue weighted by Gasteiger charge is -2.10. The van der Waals surface area contributed by atoms with Crippen LogP contribution in [0.4, 0.5) is 5.69 Å². The fraction of sp³-hybridized carbons (Fsp3) is 0.222. The van der Waals surface area contributed by atoms with E-state index in [0.717, 1.165) is 12.8 Å². The average Bonchev–Trinajstić information content (AvgIpc) is 3.11. The molecule has 1 aromatic heterocycles. The maximum Gasteiger partial charge on any atom is 0.293 e. The van der Waals surface area contributed by atoms with Crippen molar-refractivity contribution in [1.82, 2.24) is 16.2 Å². The summed E-state index contributed by atoms with van der Waals surface area (Å²) < 4.78 is 5.51. The number of hydrazine groups is 1. The van der Waals surface area contributed by atoms with Gasteiger partial charge in [0.1, 0.15) is 0 Å². The molecule has 0 aliphatic heterocycles. The molecular weight excluding hydrogens is 448 g/mol. The van der Waals surface area contributed by atoms with Crippen LogP contribution in [0.1, 0.15) is 47.1 Å². The second-order valence-corrected chi connectivity index (χ2v) is 6.89. The highest BCUT2D eigenvalue weighted by Gasteiger charge is 2.13. The van der Waals surface area contributed by atoms with E-state index < -0.39 is 11.8 Å². The van der Waals surface area contributed by atoms with Gasteiger partial charge in [0.2, 0.25) is 5.91 Å². The number of carbonyl (C=O) groups excluding carboxylic acids is 3. The van der Waals surface area contributed by atoms with Crippen molar-refractivity contribution in [1.29, 1.82) is 0 Å². The molecule has 2 rings (SSSR count). The molecule has 0 bridgehead atoms. The van der Waals surface area contributed by atoms with Crippen molar-refractivity contribution in [3.05, 3.63) is 52.4 Å². The second-order valence-electron chi connectivity index (χ2n) is 5.70. The Morgan fingerprint density at radius 2 is 1.75 bits per heavy atom. The minimum Gasteiger partial charge on any atom is -0.444 e. The van der Waals surface area contributed by atoms with Crippen LogP contribution < -0.4 is 21.5 Å². The van der Waals surface area contributed by atoms with E-state index in [-0.39, 0.29) is 16.8 Å². The average molecular weight is 467 g/mol. The van der Waals surface area contributed by atoms with Crippen LogP contribution in [0.2, 0.25) is 0 Å². The van der Waals surface area contributed by atoms with E-state index in [1.165, 1.54) is 6.07 Å². The highest BCUT2D eigenvalue weighted by Crippen LogP contribution is 2.13. The van der Waals surface area contributed by atoms with Gasteiger partial charge in [0, 0.05) is 17.7 Å². The molecule has 0 fully saturated rings. The van der Waals surface area contributed by atoms with Gasteiger partial charge in [0.05, 0.1) is 0 Å². The lowest BCUT2D eigenvalue weighted by molar-refractivity contribution is -0.116. The Hall–Kier alpha value is -2.72. The Kier molecular flexibility index (Phi) is 8.15. The topological polar surface area (TPSA) is 112 Å². The zero-order valence-corrected chi connectivity index (χ0v) is 17.4. The highest BCUT2D eigenvalue weighted by atomic mass is 79.9. The molecule has 28 heavy (non-hydrogen) atoms. The lowest BCUT2D eigenvalue weighted by Crippen LogP contribution is -2.48. The van der Waals surface area contributed by atoms with Crippen molar-refractivity contribution >= 4 is 56.7 Å². The van der Waals surface area contributed by atoms with Gasteiger partial charge in [0.15, 0.2) is 15.5 Å². The largest absolute Gasteiger partial charge is 0.444 e. The first-order valence-corrected chi connectivity index (χ1v) is 9.66. The molecular formula is C18H19BrN4O4S. The van der Waals surface area contributed by atoms with Gasteiger partial charge in [-0.3, -0.25) is 30.6 Å². The number of benzene rings is 1. The molecule has 148 valence electrons. The minimum absolute atomic E-state index is 0.0644. The molecule has 2 aromatic rings. The monoisotopic (exact) mass is 466 g/mol. The van der Waals surface area contributed by atoms with Gasteiger partial charge in [-0.15, -0.1) is 0 Å². The van der Waals surface area contributed by atoms with E-state index in [2.05, 4.69) is 37.4 Å². The number of rotatable bonds is 6. The first-order chi connectivity index (χ1) is 13.4. The maximum absolute atomic E-state index is 12.1. The number of nitrogens with one attached hydrogen (secondary N) is 4. The summed E-state index contributed by atoms with van der Waals surface area (Å²) in [6, 6.07) is 9.44. The standard InChI is InChI=1S/C18H19BrN4O4S/c1-2-3-4-15(24)20-12-7-5-11(6-8-12)16(25)22-23-18(28)21-17(26)13-9-10-14(19)27-13/h5-10H,2-4H2,1H3,(H,20,24)(H,22,25)(H2,21,23,26,28). The zero-order valence-electron chi connectivity index (χ0n) is 15.0. The summed E-state index contributed by atoms with van der Waals surface area (Å²) in [7, 11) is 0. The van der Waals surface area contributed by atoms with E-state index >= 15 is 0 Å². The van der Waals surface area contributed by atoms with Gasteiger partial charge in [-0.05, 0) is 71.0 Å². The summed E-state index contributed by atoms with van der Waals surface area (Å²) in [4.78, 5) is 35.7. The van der Waals surface area contributed by atoms with Crippen LogP contribution in [0.15, 0.2) is 45.5 Å². The predicted molar refractivity (Wildman–Crippen MR) is 112 cm³/mol. The van der Waals surface area contributed by atoms with Crippen molar-refractivity contribution < 1.29 is 18.8 Å². The summed E-state index contributed by atoms with van der Waals surface area (Å²) in [5, 5.41) is 5.04. The first kappa shape index (κ1) is 21.6. The Morgan fingerprint density at radius 1 is 1.04 bits per heavy atom. The third-order valence-electron chi connectivity index (χ3n) is 3.50. The number of thiocarbonyl (C=S) groups is 1. The molecule has 0 unspecified atom stereocenters. The molecule has 1 heterocycles. The van der Waals surface area contributed by atoms with Crippen LogP contribution in [-0.4, -0.2) is 22.8 Å². The lowest BCUT2D eigenvalue weighted by atomic mass is 10.2. The molecule has 0 aliphatic carbocycles. The third-order valence-corrected chi connectivity index (χ3v) is 4.13. The fourth-order valence-electron chi connectivity index (χ4n) is 2.08. The number of halogens is 1. The fourth-order valence-corrected chi connectivity index (χ4v) is 2.53. The Morgan fingerprint density at radius 3 is 2.36 bits per heavy atom. The summed E-state index contributed by atoms with van der Waals surface area (Å²) in [5.41, 5.74) is 5.77. The van der Waals surface area contributed by atoms with Crippen molar-refractivity contribution in [3.8, 4) is 0 Å². The molecule has 4 N–H and O–H groups in total. The molecule has 0 atom stereocenters. The molecule has 0 spiro atoms. The number of hydrogen-bond acceptors (Lipinski definition) is 5. The van der Waals surface area contributed by atoms with Gasteiger partial charge >= 0.3 is 0 Å². The number of furan rings is 1. The first-order valence-electron chi connectivity index (χ1n) is 8.46. The Bertz CT molecular complexity index is 867. The summed E-state index contributed by atoms with van der Waals surface area (Å²) in [6.45, 7) is 2.02. The van der Waals surface area contributed by atoms with E-state index in [1.54, 1.807) is 30.3 Å². The summed E-state index contributed by atoms with van der Waals surface area (Å²) >= 11 is 8.05. The van der Waals surface area contributed by atoms with Crippen LogP contribution >= 0.6 is 28.1 Å². The predicted octanol–water partition coefficient (Wildman–Crippen LogP) is 3.12. The van der Waals surface area contributed by atoms with Gasteiger partial charge < -0.3 is 9.73 Å². The van der Waals surface area contributed by atoms with E-state index in [4.69, 9.17) is 16.6 Å². The van der Waals surface area contributed by atoms with Crippen LogP contribution in [0.3, 0.4) is 0 Å². The second kappa shape index (κ2) is 10.6. The summed E-state index contributed by atoms with van der Waals surface area (Å²) in [5.74, 6) is -1.01. The molecule has 8 nitrogen and oxygen atoms in total. The van der Waals surface area contributed by atoms with Crippen molar-refractivity contribution in [2.45, 2.75) is 26.2 Å².